The number of hydrogen-bond acceptors (Lipinski definition) is 5. The Morgan fingerprint density at radius 3 is 2.59 bits per heavy atom. The average molecular weight is 462 g/mol. The zero-order valence-corrected chi connectivity index (χ0v) is 17.5. The SMILES string of the molecule is C=CCc1cc(/C=C2\C(=O)NC(=S)N(c3cccc(C(F)(F)F)c3)C2=O)cc(OC)c1O. The molecule has 10 heteroatoms. The van der Waals surface area contributed by atoms with Gasteiger partial charge in [-0.05, 0) is 60.6 Å². The van der Waals surface area contributed by atoms with Crippen molar-refractivity contribution in [2.24, 2.45) is 0 Å². The number of alkyl halides is 3. The lowest BCUT2D eigenvalue weighted by Gasteiger charge is -2.29. The summed E-state index contributed by atoms with van der Waals surface area (Å²) in [6.45, 7) is 3.61. The molecule has 0 bridgehead atoms. The Labute approximate surface area is 186 Å². The van der Waals surface area contributed by atoms with Gasteiger partial charge in [-0.15, -0.1) is 6.58 Å². The number of phenols is 1. The van der Waals surface area contributed by atoms with Crippen LogP contribution < -0.4 is 15.0 Å². The van der Waals surface area contributed by atoms with Crippen molar-refractivity contribution >= 4 is 40.9 Å². The highest BCUT2D eigenvalue weighted by atomic mass is 32.1. The summed E-state index contributed by atoms with van der Waals surface area (Å²) in [7, 11) is 1.34. The number of nitrogens with zero attached hydrogens (tertiary/aromatic N) is 1. The Morgan fingerprint density at radius 2 is 1.97 bits per heavy atom. The van der Waals surface area contributed by atoms with Gasteiger partial charge in [-0.3, -0.25) is 19.8 Å². The number of allylic oxidation sites excluding steroid dienone is 1. The number of phenolic OH excluding ortho intramolecular Hbond substituents is 1. The maximum Gasteiger partial charge on any atom is 0.416 e. The third-order valence-corrected chi connectivity index (χ3v) is 4.89. The highest BCUT2D eigenvalue weighted by Gasteiger charge is 2.36. The van der Waals surface area contributed by atoms with Gasteiger partial charge >= 0.3 is 6.18 Å². The molecule has 0 radical (unpaired) electrons. The molecule has 2 aromatic rings. The number of halogens is 3. The minimum atomic E-state index is -4.62. The Morgan fingerprint density at radius 1 is 1.25 bits per heavy atom. The maximum atomic E-state index is 13.1. The Kier molecular flexibility index (Phi) is 6.35. The number of rotatable bonds is 5. The summed E-state index contributed by atoms with van der Waals surface area (Å²) >= 11 is 5.03. The van der Waals surface area contributed by atoms with Crippen LogP contribution in [0.2, 0.25) is 0 Å². The van der Waals surface area contributed by atoms with E-state index in [9.17, 15) is 27.9 Å². The third kappa shape index (κ3) is 4.50. The molecule has 6 nitrogen and oxygen atoms in total. The smallest absolute Gasteiger partial charge is 0.416 e. The van der Waals surface area contributed by atoms with Gasteiger partial charge in [0.05, 0.1) is 18.4 Å². The summed E-state index contributed by atoms with van der Waals surface area (Å²) in [5.41, 5.74) is -0.665. The van der Waals surface area contributed by atoms with Gasteiger partial charge in [0.1, 0.15) is 5.57 Å². The quantitative estimate of drug-likeness (QED) is 0.304. The first-order valence-electron chi connectivity index (χ1n) is 9.16. The van der Waals surface area contributed by atoms with Crippen LogP contribution in [0.4, 0.5) is 18.9 Å². The predicted octanol–water partition coefficient (Wildman–Crippen LogP) is 3.98. The third-order valence-electron chi connectivity index (χ3n) is 4.60. The van der Waals surface area contributed by atoms with Crippen molar-refractivity contribution in [2.45, 2.75) is 12.6 Å². The monoisotopic (exact) mass is 462 g/mol. The van der Waals surface area contributed by atoms with Crippen LogP contribution in [0.15, 0.2) is 54.6 Å². The molecule has 1 fully saturated rings. The minimum Gasteiger partial charge on any atom is -0.504 e. The molecule has 1 saturated heterocycles. The molecule has 0 unspecified atom stereocenters. The van der Waals surface area contributed by atoms with Gasteiger partial charge in [-0.2, -0.15) is 13.2 Å². The summed E-state index contributed by atoms with van der Waals surface area (Å²) < 4.78 is 44.4. The predicted molar refractivity (Wildman–Crippen MR) is 116 cm³/mol. The zero-order chi connectivity index (χ0) is 23.6. The number of aromatic hydroxyl groups is 1. The Bertz CT molecular complexity index is 1160. The molecule has 2 amide bonds. The van der Waals surface area contributed by atoms with Gasteiger partial charge in [-0.25, -0.2) is 0 Å². The van der Waals surface area contributed by atoms with E-state index in [1.807, 2.05) is 0 Å². The molecule has 166 valence electrons. The van der Waals surface area contributed by atoms with Crippen molar-refractivity contribution in [1.29, 1.82) is 0 Å². The lowest BCUT2D eigenvalue weighted by atomic mass is 10.0. The summed E-state index contributed by atoms with van der Waals surface area (Å²) in [4.78, 5) is 26.4. The van der Waals surface area contributed by atoms with Crippen LogP contribution in [0.5, 0.6) is 11.5 Å². The van der Waals surface area contributed by atoms with Crippen LogP contribution in [-0.2, 0) is 22.2 Å². The molecule has 1 aliphatic rings. The average Bonchev–Trinajstić information content (AvgIpc) is 2.72. The van der Waals surface area contributed by atoms with E-state index in [2.05, 4.69) is 11.9 Å². The first-order chi connectivity index (χ1) is 15.1. The summed E-state index contributed by atoms with van der Waals surface area (Å²) in [5, 5.41) is 12.2. The van der Waals surface area contributed by atoms with Gasteiger partial charge < -0.3 is 9.84 Å². The fourth-order valence-corrected chi connectivity index (χ4v) is 3.40. The van der Waals surface area contributed by atoms with Crippen LogP contribution in [0, 0.1) is 0 Å². The van der Waals surface area contributed by atoms with E-state index in [0.717, 1.165) is 23.1 Å². The van der Waals surface area contributed by atoms with Crippen LogP contribution in [-0.4, -0.2) is 29.1 Å². The molecule has 1 aliphatic heterocycles. The number of methoxy groups -OCH3 is 1. The zero-order valence-electron chi connectivity index (χ0n) is 16.7. The van der Waals surface area contributed by atoms with Crippen LogP contribution in [0.1, 0.15) is 16.7 Å². The number of amides is 2. The number of benzene rings is 2. The van der Waals surface area contributed by atoms with Gasteiger partial charge in [0.25, 0.3) is 11.8 Å². The van der Waals surface area contributed by atoms with E-state index in [1.165, 1.54) is 31.4 Å². The highest BCUT2D eigenvalue weighted by Crippen LogP contribution is 2.34. The van der Waals surface area contributed by atoms with E-state index in [4.69, 9.17) is 17.0 Å². The Hall–Kier alpha value is -3.66. The molecule has 0 saturated carbocycles. The minimum absolute atomic E-state index is 0.110. The molecule has 0 spiro atoms. The molecular weight excluding hydrogens is 445 g/mol. The number of nitrogens with one attached hydrogen (secondary N) is 1. The fourth-order valence-electron chi connectivity index (χ4n) is 3.12. The van der Waals surface area contributed by atoms with E-state index < -0.39 is 23.6 Å². The highest BCUT2D eigenvalue weighted by molar-refractivity contribution is 7.80. The largest absolute Gasteiger partial charge is 0.504 e. The summed E-state index contributed by atoms with van der Waals surface area (Å²) in [6.07, 6.45) is -1.53. The van der Waals surface area contributed by atoms with Gasteiger partial charge in [0.2, 0.25) is 0 Å². The molecule has 1 heterocycles. The second-order valence-electron chi connectivity index (χ2n) is 6.73. The van der Waals surface area contributed by atoms with Gasteiger partial charge in [0, 0.05) is 5.56 Å². The second kappa shape index (κ2) is 8.83. The number of thiocarbonyl (C=S) groups is 1. The number of carbonyl (C=O) groups excluding carboxylic acids is 2. The first kappa shape index (κ1) is 23.0. The number of hydrogen-bond donors (Lipinski definition) is 2. The topological polar surface area (TPSA) is 78.9 Å². The molecule has 2 N–H and O–H groups in total. The van der Waals surface area contributed by atoms with E-state index in [-0.39, 0.29) is 27.9 Å². The van der Waals surface area contributed by atoms with Crippen molar-refractivity contribution < 1.29 is 32.6 Å². The molecular formula is C22H17F3N2O4S. The molecule has 2 aromatic carbocycles. The van der Waals surface area contributed by atoms with Gasteiger partial charge in [-0.1, -0.05) is 12.1 Å². The normalized spacial score (nSPS) is 15.7. The molecule has 3 rings (SSSR count). The van der Waals surface area contributed by atoms with Crippen LogP contribution in [0.3, 0.4) is 0 Å². The fraction of sp³-hybridized carbons (Fsp3) is 0.136. The van der Waals surface area contributed by atoms with Crippen molar-refractivity contribution in [3.63, 3.8) is 0 Å². The molecule has 0 aliphatic carbocycles. The number of carbonyl (C=O) groups is 2. The lowest BCUT2D eigenvalue weighted by molar-refractivity contribution is -0.137. The standard InChI is InChI=1S/C22H17F3N2O4S/c1-3-5-13-8-12(10-17(31-2)18(13)28)9-16-19(29)26-21(32)27(20(16)30)15-7-4-6-14(11-15)22(23,24)25/h3-4,6-11,28H,1,5H2,2H3,(H,26,29,32)/b16-9+. The Balaban J connectivity index is 2.07. The van der Waals surface area contributed by atoms with E-state index in [1.54, 1.807) is 6.08 Å². The van der Waals surface area contributed by atoms with Crippen molar-refractivity contribution in [3.05, 3.63) is 71.3 Å². The molecule has 32 heavy (non-hydrogen) atoms. The summed E-state index contributed by atoms with van der Waals surface area (Å²) in [6, 6.07) is 7.00. The van der Waals surface area contributed by atoms with Crippen molar-refractivity contribution in [3.8, 4) is 11.5 Å². The second-order valence-corrected chi connectivity index (χ2v) is 7.12. The van der Waals surface area contributed by atoms with E-state index in [0.29, 0.717) is 17.5 Å². The molecule has 0 atom stereocenters. The number of ether oxygens (including phenoxy) is 1. The summed E-state index contributed by atoms with van der Waals surface area (Å²) in [5.74, 6) is -1.69. The van der Waals surface area contributed by atoms with Crippen molar-refractivity contribution in [1.82, 2.24) is 5.32 Å². The maximum absolute atomic E-state index is 13.1. The van der Waals surface area contributed by atoms with Crippen LogP contribution in [0.25, 0.3) is 6.08 Å². The van der Waals surface area contributed by atoms with Crippen LogP contribution >= 0.6 is 12.2 Å². The van der Waals surface area contributed by atoms with E-state index >= 15 is 0 Å². The molecule has 0 aromatic heterocycles. The van der Waals surface area contributed by atoms with Crippen molar-refractivity contribution in [2.75, 3.05) is 12.0 Å². The first-order valence-corrected chi connectivity index (χ1v) is 9.57. The number of anilines is 1. The van der Waals surface area contributed by atoms with Gasteiger partial charge in [0.15, 0.2) is 16.6 Å². The lowest BCUT2D eigenvalue weighted by Crippen LogP contribution is -2.54.